The van der Waals surface area contributed by atoms with Crippen LogP contribution in [0.25, 0.3) is 0 Å². The predicted octanol–water partition coefficient (Wildman–Crippen LogP) is 5.34. The third-order valence-corrected chi connectivity index (χ3v) is 3.44. The van der Waals surface area contributed by atoms with Crippen molar-refractivity contribution in [2.45, 2.75) is 53.4 Å². The molecule has 0 amide bonds. The Morgan fingerprint density at radius 3 is 2.68 bits per heavy atom. The number of hydrogen-bond donors (Lipinski definition) is 0. The van der Waals surface area contributed by atoms with E-state index < -0.39 is 0 Å². The second-order valence-electron chi connectivity index (χ2n) is 5.95. The van der Waals surface area contributed by atoms with E-state index in [1.165, 1.54) is 5.56 Å². The van der Waals surface area contributed by atoms with Crippen LogP contribution in [0, 0.1) is 5.92 Å². The van der Waals surface area contributed by atoms with Crippen molar-refractivity contribution in [3.8, 4) is 11.5 Å². The molecule has 0 radical (unpaired) electrons. The lowest BCUT2D eigenvalue weighted by Crippen LogP contribution is -1.97. The summed E-state index contributed by atoms with van der Waals surface area (Å²) in [5, 5.41) is 0. The van der Waals surface area contributed by atoms with Gasteiger partial charge in [0.25, 0.3) is 0 Å². The van der Waals surface area contributed by atoms with E-state index >= 15 is 0 Å². The molecule has 124 valence electrons. The molecule has 22 heavy (non-hydrogen) atoms. The second kappa shape index (κ2) is 10.1. The molecule has 0 spiro atoms. The summed E-state index contributed by atoms with van der Waals surface area (Å²) >= 11 is 0. The van der Waals surface area contributed by atoms with Crippen molar-refractivity contribution in [1.82, 2.24) is 0 Å². The number of benzene rings is 1. The highest BCUT2D eigenvalue weighted by Crippen LogP contribution is 2.27. The minimum absolute atomic E-state index is 0.687. The van der Waals surface area contributed by atoms with Gasteiger partial charge in [-0.2, -0.15) is 0 Å². The van der Waals surface area contributed by atoms with Crippen molar-refractivity contribution in [2.75, 3.05) is 13.7 Å². The maximum atomic E-state index is 5.65. The van der Waals surface area contributed by atoms with Crippen LogP contribution in [0.2, 0.25) is 0 Å². The highest BCUT2D eigenvalue weighted by Gasteiger charge is 2.06. The van der Waals surface area contributed by atoms with E-state index in [4.69, 9.17) is 14.2 Å². The Bertz CT molecular complexity index is 464. The lowest BCUT2D eigenvalue weighted by molar-refractivity contribution is 0.199. The van der Waals surface area contributed by atoms with E-state index in [0.717, 1.165) is 49.5 Å². The molecule has 0 heterocycles. The van der Waals surface area contributed by atoms with Crippen molar-refractivity contribution in [2.24, 2.45) is 5.92 Å². The lowest BCUT2D eigenvalue weighted by Gasteiger charge is -2.12. The van der Waals surface area contributed by atoms with E-state index in [2.05, 4.69) is 26.8 Å². The summed E-state index contributed by atoms with van der Waals surface area (Å²) in [7, 11) is 1.70. The summed E-state index contributed by atoms with van der Waals surface area (Å²) in [6.07, 6.45) is 6.02. The molecular weight excluding hydrogens is 276 g/mol. The number of unbranched alkanes of at least 4 members (excludes halogenated alkanes) is 1. The minimum Gasteiger partial charge on any atom is -0.496 e. The van der Waals surface area contributed by atoms with Crippen LogP contribution in [0.5, 0.6) is 11.5 Å². The van der Waals surface area contributed by atoms with Gasteiger partial charge in [-0.3, -0.25) is 0 Å². The number of allylic oxidation sites excluding steroid dienone is 1. The summed E-state index contributed by atoms with van der Waals surface area (Å²) in [4.78, 5) is 0. The molecule has 0 bridgehead atoms. The Kier molecular flexibility index (Phi) is 8.49. The van der Waals surface area contributed by atoms with E-state index in [-0.39, 0.29) is 0 Å². The van der Waals surface area contributed by atoms with Crippen LogP contribution in [0.4, 0.5) is 0 Å². The number of methoxy groups -OCH3 is 1. The van der Waals surface area contributed by atoms with Crippen LogP contribution in [-0.2, 0) is 11.2 Å². The summed E-state index contributed by atoms with van der Waals surface area (Å²) in [5.41, 5.74) is 1.23. The fraction of sp³-hybridized carbons (Fsp3) is 0.579. The molecule has 3 nitrogen and oxygen atoms in total. The van der Waals surface area contributed by atoms with Gasteiger partial charge in [-0.05, 0) is 43.7 Å². The van der Waals surface area contributed by atoms with Gasteiger partial charge in [0.2, 0.25) is 0 Å². The van der Waals surface area contributed by atoms with Crippen molar-refractivity contribution in [3.05, 3.63) is 35.8 Å². The van der Waals surface area contributed by atoms with E-state index in [9.17, 15) is 0 Å². The normalized spacial score (nSPS) is 11.6. The SMILES string of the molecule is CCCCO/C(C)=C\Oc1ccc(CCC(C)C)c(OC)c1. The molecule has 0 N–H and O–H groups in total. The first-order chi connectivity index (χ1) is 10.6. The van der Waals surface area contributed by atoms with Gasteiger partial charge in [-0.25, -0.2) is 0 Å². The monoisotopic (exact) mass is 306 g/mol. The fourth-order valence-corrected chi connectivity index (χ4v) is 2.01. The molecule has 0 aliphatic rings. The van der Waals surface area contributed by atoms with Crippen LogP contribution in [0.15, 0.2) is 30.2 Å². The van der Waals surface area contributed by atoms with E-state index in [1.54, 1.807) is 13.4 Å². The maximum Gasteiger partial charge on any atom is 0.130 e. The Morgan fingerprint density at radius 1 is 1.27 bits per heavy atom. The zero-order valence-corrected chi connectivity index (χ0v) is 14.6. The van der Waals surface area contributed by atoms with Crippen LogP contribution in [-0.4, -0.2) is 13.7 Å². The minimum atomic E-state index is 0.687. The quantitative estimate of drug-likeness (QED) is 0.431. The Labute approximate surface area is 135 Å². The second-order valence-corrected chi connectivity index (χ2v) is 5.95. The zero-order valence-electron chi connectivity index (χ0n) is 14.6. The molecule has 0 fully saturated rings. The van der Waals surface area contributed by atoms with Gasteiger partial charge < -0.3 is 14.2 Å². The largest absolute Gasteiger partial charge is 0.496 e. The van der Waals surface area contributed by atoms with E-state index in [1.807, 2.05) is 19.1 Å². The lowest BCUT2D eigenvalue weighted by atomic mass is 10.0. The summed E-state index contributed by atoms with van der Waals surface area (Å²) < 4.78 is 16.7. The molecule has 0 saturated carbocycles. The first-order valence-electron chi connectivity index (χ1n) is 8.20. The third-order valence-electron chi connectivity index (χ3n) is 3.44. The van der Waals surface area contributed by atoms with Crippen LogP contribution in [0.3, 0.4) is 0 Å². The zero-order chi connectivity index (χ0) is 16.4. The molecule has 0 aliphatic heterocycles. The fourth-order valence-electron chi connectivity index (χ4n) is 2.01. The smallest absolute Gasteiger partial charge is 0.130 e. The molecule has 0 aliphatic carbocycles. The molecule has 1 aromatic rings. The van der Waals surface area contributed by atoms with Crippen LogP contribution >= 0.6 is 0 Å². The van der Waals surface area contributed by atoms with Crippen LogP contribution < -0.4 is 9.47 Å². The number of rotatable bonds is 10. The summed E-state index contributed by atoms with van der Waals surface area (Å²) in [6, 6.07) is 6.00. The first-order valence-corrected chi connectivity index (χ1v) is 8.20. The average Bonchev–Trinajstić information content (AvgIpc) is 2.51. The standard InChI is InChI=1S/C19H30O3/c1-6-7-12-21-16(4)14-22-18-11-10-17(9-8-15(2)3)19(13-18)20-5/h10-11,13-15H,6-9,12H2,1-5H3/b16-14-. The molecule has 0 unspecified atom stereocenters. The Balaban J connectivity index is 2.62. The Morgan fingerprint density at radius 2 is 2.05 bits per heavy atom. The highest BCUT2D eigenvalue weighted by atomic mass is 16.5. The van der Waals surface area contributed by atoms with Crippen molar-refractivity contribution >= 4 is 0 Å². The van der Waals surface area contributed by atoms with Gasteiger partial charge in [0, 0.05) is 6.07 Å². The summed E-state index contributed by atoms with van der Waals surface area (Å²) in [6.45, 7) is 9.25. The van der Waals surface area contributed by atoms with Crippen molar-refractivity contribution in [3.63, 3.8) is 0 Å². The number of aryl methyl sites for hydroxylation is 1. The van der Waals surface area contributed by atoms with Crippen molar-refractivity contribution in [1.29, 1.82) is 0 Å². The van der Waals surface area contributed by atoms with E-state index in [0.29, 0.717) is 5.92 Å². The molecule has 3 heteroatoms. The Hall–Kier alpha value is -1.64. The topological polar surface area (TPSA) is 27.7 Å². The number of ether oxygens (including phenoxy) is 3. The maximum absolute atomic E-state index is 5.65. The third kappa shape index (κ3) is 6.88. The van der Waals surface area contributed by atoms with Crippen molar-refractivity contribution < 1.29 is 14.2 Å². The molecule has 0 atom stereocenters. The van der Waals surface area contributed by atoms with Crippen LogP contribution in [0.1, 0.15) is 52.5 Å². The van der Waals surface area contributed by atoms with Gasteiger partial charge in [0.15, 0.2) is 0 Å². The average molecular weight is 306 g/mol. The summed E-state index contributed by atoms with van der Waals surface area (Å²) in [5.74, 6) is 3.13. The molecule has 1 rings (SSSR count). The first kappa shape index (κ1) is 18.4. The van der Waals surface area contributed by atoms with Gasteiger partial charge in [0.05, 0.1) is 13.7 Å². The van der Waals surface area contributed by atoms with Gasteiger partial charge >= 0.3 is 0 Å². The molecule has 1 aromatic carbocycles. The van der Waals surface area contributed by atoms with Gasteiger partial charge in [-0.15, -0.1) is 0 Å². The highest BCUT2D eigenvalue weighted by molar-refractivity contribution is 5.41. The molecule has 0 saturated heterocycles. The molecule has 0 aromatic heterocycles. The molecular formula is C19H30O3. The van der Waals surface area contributed by atoms with Gasteiger partial charge in [0.1, 0.15) is 23.5 Å². The van der Waals surface area contributed by atoms with Gasteiger partial charge in [-0.1, -0.05) is 33.3 Å². The predicted molar refractivity (Wildman–Crippen MR) is 91.4 cm³/mol. The number of hydrogen-bond acceptors (Lipinski definition) is 3.